The summed E-state index contributed by atoms with van der Waals surface area (Å²) in [6.45, 7) is -0.123. The summed E-state index contributed by atoms with van der Waals surface area (Å²) in [5, 5.41) is 0. The molecule has 2 aromatic rings. The standard InChI is InChI=1S/C16H16Br2O5S2/c17-13-1-5-15(6-2-13)24(19,20)11-9-23-10-12-25(21,22)16-7-3-14(18)4-8-16/h1-8H,9-12H2. The molecule has 136 valence electrons. The van der Waals surface area contributed by atoms with Crippen molar-refractivity contribution in [2.24, 2.45) is 0 Å². The Morgan fingerprint density at radius 2 is 0.960 bits per heavy atom. The summed E-state index contributed by atoms with van der Waals surface area (Å²) < 4.78 is 55.4. The van der Waals surface area contributed by atoms with E-state index in [1.807, 2.05) is 0 Å². The predicted octanol–water partition coefficient (Wildman–Crippen LogP) is 3.48. The first-order valence-electron chi connectivity index (χ1n) is 7.25. The molecule has 0 fully saturated rings. The van der Waals surface area contributed by atoms with Gasteiger partial charge in [0.15, 0.2) is 19.7 Å². The Balaban J connectivity index is 1.83. The second-order valence-electron chi connectivity index (χ2n) is 5.16. The van der Waals surface area contributed by atoms with Crippen molar-refractivity contribution in [2.75, 3.05) is 24.7 Å². The van der Waals surface area contributed by atoms with E-state index >= 15 is 0 Å². The molecule has 0 aliphatic heterocycles. The van der Waals surface area contributed by atoms with Crippen LogP contribution in [0.1, 0.15) is 0 Å². The zero-order chi connectivity index (χ0) is 18.5. The molecule has 0 aromatic heterocycles. The third kappa shape index (κ3) is 6.18. The van der Waals surface area contributed by atoms with E-state index in [1.165, 1.54) is 24.3 Å². The molecule has 5 nitrogen and oxygen atoms in total. The van der Waals surface area contributed by atoms with Crippen LogP contribution in [-0.2, 0) is 24.4 Å². The molecule has 0 spiro atoms. The highest BCUT2D eigenvalue weighted by Gasteiger charge is 2.16. The van der Waals surface area contributed by atoms with Crippen molar-refractivity contribution >= 4 is 51.5 Å². The first-order valence-corrected chi connectivity index (χ1v) is 12.1. The minimum absolute atomic E-state index is 0.0613. The molecule has 0 saturated carbocycles. The number of halogens is 2. The highest BCUT2D eigenvalue weighted by molar-refractivity contribution is 9.10. The second kappa shape index (κ2) is 8.77. The molecule has 0 heterocycles. The highest BCUT2D eigenvalue weighted by atomic mass is 79.9. The molecule has 0 aliphatic carbocycles. The van der Waals surface area contributed by atoms with Gasteiger partial charge in [0.1, 0.15) is 0 Å². The second-order valence-corrected chi connectivity index (χ2v) is 11.2. The van der Waals surface area contributed by atoms with Crippen molar-refractivity contribution < 1.29 is 21.6 Å². The van der Waals surface area contributed by atoms with E-state index in [0.717, 1.165) is 8.95 Å². The number of hydrogen-bond acceptors (Lipinski definition) is 5. The molecule has 0 atom stereocenters. The zero-order valence-corrected chi connectivity index (χ0v) is 17.9. The van der Waals surface area contributed by atoms with Gasteiger partial charge in [0.2, 0.25) is 0 Å². The lowest BCUT2D eigenvalue weighted by atomic mass is 10.4. The van der Waals surface area contributed by atoms with Crippen LogP contribution < -0.4 is 0 Å². The summed E-state index contributed by atoms with van der Waals surface area (Å²) in [6.07, 6.45) is 0. The van der Waals surface area contributed by atoms with Gasteiger partial charge in [0, 0.05) is 8.95 Å². The van der Waals surface area contributed by atoms with Gasteiger partial charge < -0.3 is 4.74 Å². The summed E-state index contributed by atoms with van der Waals surface area (Å²) >= 11 is 6.50. The average Bonchev–Trinajstić information content (AvgIpc) is 2.55. The molecule has 0 radical (unpaired) electrons. The van der Waals surface area contributed by atoms with Crippen LogP contribution in [0.25, 0.3) is 0 Å². The molecular formula is C16H16Br2O5S2. The van der Waals surface area contributed by atoms with Gasteiger partial charge in [0.25, 0.3) is 0 Å². The van der Waals surface area contributed by atoms with Gasteiger partial charge in [-0.15, -0.1) is 0 Å². The normalized spacial score (nSPS) is 12.2. The smallest absolute Gasteiger partial charge is 0.180 e. The van der Waals surface area contributed by atoms with Gasteiger partial charge in [-0.25, -0.2) is 16.8 Å². The van der Waals surface area contributed by atoms with E-state index in [9.17, 15) is 16.8 Å². The fraction of sp³-hybridized carbons (Fsp3) is 0.250. The third-order valence-electron chi connectivity index (χ3n) is 3.34. The van der Waals surface area contributed by atoms with Crippen molar-refractivity contribution in [1.82, 2.24) is 0 Å². The van der Waals surface area contributed by atoms with Gasteiger partial charge in [-0.1, -0.05) is 31.9 Å². The summed E-state index contributed by atoms with van der Waals surface area (Å²) in [6, 6.07) is 12.7. The topological polar surface area (TPSA) is 77.5 Å². The van der Waals surface area contributed by atoms with E-state index in [4.69, 9.17) is 4.74 Å². The molecule has 9 heteroatoms. The molecule has 0 bridgehead atoms. The molecular weight excluding hydrogens is 496 g/mol. The van der Waals surface area contributed by atoms with Crippen LogP contribution in [0.3, 0.4) is 0 Å². The maximum atomic E-state index is 12.1. The maximum absolute atomic E-state index is 12.1. The Kier molecular flexibility index (Phi) is 7.21. The van der Waals surface area contributed by atoms with Crippen molar-refractivity contribution in [2.45, 2.75) is 9.79 Å². The van der Waals surface area contributed by atoms with Gasteiger partial charge >= 0.3 is 0 Å². The first kappa shape index (κ1) is 20.6. The summed E-state index contributed by atoms with van der Waals surface area (Å²) in [5.41, 5.74) is 0. The van der Waals surface area contributed by atoms with Crippen LogP contribution in [0.4, 0.5) is 0 Å². The van der Waals surface area contributed by atoms with Crippen LogP contribution >= 0.6 is 31.9 Å². The van der Waals surface area contributed by atoms with Crippen molar-refractivity contribution in [3.63, 3.8) is 0 Å². The van der Waals surface area contributed by atoms with E-state index in [0.29, 0.717) is 0 Å². The predicted molar refractivity (Wildman–Crippen MR) is 103 cm³/mol. The fourth-order valence-electron chi connectivity index (χ4n) is 1.96. The SMILES string of the molecule is O=S(=O)(CCOCCS(=O)(=O)c1ccc(Br)cc1)c1ccc(Br)cc1. The molecule has 0 amide bonds. The maximum Gasteiger partial charge on any atom is 0.180 e. The van der Waals surface area contributed by atoms with Crippen LogP contribution in [0.15, 0.2) is 67.3 Å². The number of sulfone groups is 2. The minimum atomic E-state index is -3.45. The van der Waals surface area contributed by atoms with Gasteiger partial charge in [-0.3, -0.25) is 0 Å². The first-order chi connectivity index (χ1) is 11.7. The number of ether oxygens (including phenoxy) is 1. The number of rotatable bonds is 8. The van der Waals surface area contributed by atoms with Gasteiger partial charge in [0.05, 0.1) is 34.5 Å². The number of benzene rings is 2. The van der Waals surface area contributed by atoms with Gasteiger partial charge in [-0.05, 0) is 48.5 Å². The van der Waals surface area contributed by atoms with E-state index in [-0.39, 0.29) is 34.5 Å². The Morgan fingerprint density at radius 3 is 1.28 bits per heavy atom. The molecule has 2 aromatic carbocycles. The van der Waals surface area contributed by atoms with Crippen LogP contribution in [0.2, 0.25) is 0 Å². The summed E-state index contributed by atoms with van der Waals surface area (Å²) in [4.78, 5) is 0.420. The molecule has 0 N–H and O–H groups in total. The largest absolute Gasteiger partial charge is 0.379 e. The summed E-state index contributed by atoms with van der Waals surface area (Å²) in [7, 11) is -6.90. The quantitative estimate of drug-likeness (QED) is 0.507. The molecule has 0 aliphatic rings. The Morgan fingerprint density at radius 1 is 0.640 bits per heavy atom. The number of hydrogen-bond donors (Lipinski definition) is 0. The lowest BCUT2D eigenvalue weighted by Crippen LogP contribution is -2.17. The average molecular weight is 512 g/mol. The Labute approximate surface area is 164 Å². The molecule has 2 rings (SSSR count). The van der Waals surface area contributed by atoms with Crippen molar-refractivity contribution in [3.05, 3.63) is 57.5 Å². The molecule has 0 saturated heterocycles. The van der Waals surface area contributed by atoms with E-state index in [1.54, 1.807) is 24.3 Å². The molecule has 0 unspecified atom stereocenters. The van der Waals surface area contributed by atoms with Gasteiger partial charge in [-0.2, -0.15) is 0 Å². The van der Waals surface area contributed by atoms with Crippen molar-refractivity contribution in [1.29, 1.82) is 0 Å². The third-order valence-corrected chi connectivity index (χ3v) is 7.78. The van der Waals surface area contributed by atoms with Crippen LogP contribution in [0.5, 0.6) is 0 Å². The zero-order valence-electron chi connectivity index (χ0n) is 13.1. The summed E-state index contributed by atoms with van der Waals surface area (Å²) in [5.74, 6) is -0.403. The van der Waals surface area contributed by atoms with Crippen LogP contribution in [-0.4, -0.2) is 41.6 Å². The Bertz CT molecular complexity index is 829. The van der Waals surface area contributed by atoms with Crippen molar-refractivity contribution in [3.8, 4) is 0 Å². The van der Waals surface area contributed by atoms with E-state index in [2.05, 4.69) is 31.9 Å². The fourth-order valence-corrected chi connectivity index (χ4v) is 4.74. The lowest BCUT2D eigenvalue weighted by molar-refractivity contribution is 0.165. The Hall–Kier alpha value is -0.740. The highest BCUT2D eigenvalue weighted by Crippen LogP contribution is 2.17. The lowest BCUT2D eigenvalue weighted by Gasteiger charge is -2.07. The van der Waals surface area contributed by atoms with Crippen LogP contribution in [0, 0.1) is 0 Å². The molecule has 25 heavy (non-hydrogen) atoms. The minimum Gasteiger partial charge on any atom is -0.379 e. The monoisotopic (exact) mass is 510 g/mol. The van der Waals surface area contributed by atoms with E-state index < -0.39 is 19.7 Å².